The Kier molecular flexibility index (Phi) is 3.46. The third kappa shape index (κ3) is 2.88. The quantitative estimate of drug-likeness (QED) is 0.680. The predicted octanol–water partition coefficient (Wildman–Crippen LogP) is 3.54. The largest absolute Gasteiger partial charge is 0.452 e. The molecule has 0 bridgehead atoms. The van der Waals surface area contributed by atoms with Crippen molar-refractivity contribution in [1.29, 1.82) is 0 Å². The molecular formula is C14H11F2NO2. The van der Waals surface area contributed by atoms with Crippen LogP contribution in [-0.2, 0) is 0 Å². The summed E-state index contributed by atoms with van der Waals surface area (Å²) in [5.41, 5.74) is 6.35. The van der Waals surface area contributed by atoms with Gasteiger partial charge in [-0.1, -0.05) is 0 Å². The van der Waals surface area contributed by atoms with Crippen LogP contribution >= 0.6 is 0 Å². The zero-order valence-electron chi connectivity index (χ0n) is 10.1. The minimum absolute atomic E-state index is 0.133. The van der Waals surface area contributed by atoms with Crippen molar-refractivity contribution in [2.75, 3.05) is 5.73 Å². The summed E-state index contributed by atoms with van der Waals surface area (Å²) in [5.74, 6) is -1.58. The highest BCUT2D eigenvalue weighted by Gasteiger charge is 2.10. The minimum Gasteiger partial charge on any atom is -0.452 e. The van der Waals surface area contributed by atoms with Crippen LogP contribution in [0.2, 0.25) is 0 Å². The molecule has 0 aliphatic heterocycles. The van der Waals surface area contributed by atoms with Gasteiger partial charge in [0.15, 0.2) is 23.1 Å². The van der Waals surface area contributed by atoms with E-state index in [1.807, 2.05) is 0 Å². The highest BCUT2D eigenvalue weighted by Crippen LogP contribution is 2.30. The van der Waals surface area contributed by atoms with Gasteiger partial charge in [-0.25, -0.2) is 8.78 Å². The standard InChI is InChI=1S/C14H11F2NO2/c1-8(18)9-2-4-14(12(17)6-9)19-13-5-3-10(15)7-11(13)16/h2-7H,17H2,1H3. The van der Waals surface area contributed by atoms with Crippen LogP contribution in [-0.4, -0.2) is 5.78 Å². The molecule has 98 valence electrons. The van der Waals surface area contributed by atoms with E-state index in [-0.39, 0.29) is 23.0 Å². The fraction of sp³-hybridized carbons (Fsp3) is 0.0714. The van der Waals surface area contributed by atoms with E-state index in [1.165, 1.54) is 31.2 Å². The van der Waals surface area contributed by atoms with Crippen molar-refractivity contribution in [3.8, 4) is 11.5 Å². The Balaban J connectivity index is 2.31. The van der Waals surface area contributed by atoms with Crippen LogP contribution in [0.1, 0.15) is 17.3 Å². The summed E-state index contributed by atoms with van der Waals surface area (Å²) < 4.78 is 31.4. The Morgan fingerprint density at radius 3 is 2.37 bits per heavy atom. The molecule has 5 heteroatoms. The number of anilines is 1. The maximum atomic E-state index is 13.4. The molecule has 0 aliphatic rings. The summed E-state index contributed by atoms with van der Waals surface area (Å²) in [6, 6.07) is 7.40. The summed E-state index contributed by atoms with van der Waals surface area (Å²) >= 11 is 0. The van der Waals surface area contributed by atoms with Crippen molar-refractivity contribution in [3.63, 3.8) is 0 Å². The molecule has 0 aromatic heterocycles. The molecule has 2 rings (SSSR count). The van der Waals surface area contributed by atoms with Crippen LogP contribution in [0.5, 0.6) is 11.5 Å². The van der Waals surface area contributed by atoms with Gasteiger partial charge in [-0.3, -0.25) is 4.79 Å². The average Bonchev–Trinajstić information content (AvgIpc) is 2.34. The Morgan fingerprint density at radius 1 is 1.11 bits per heavy atom. The van der Waals surface area contributed by atoms with Crippen molar-refractivity contribution in [1.82, 2.24) is 0 Å². The number of nitrogens with two attached hydrogens (primary N) is 1. The first-order valence-electron chi connectivity index (χ1n) is 5.51. The van der Waals surface area contributed by atoms with Crippen LogP contribution in [0.3, 0.4) is 0 Å². The van der Waals surface area contributed by atoms with E-state index >= 15 is 0 Å². The van der Waals surface area contributed by atoms with E-state index in [0.717, 1.165) is 12.1 Å². The zero-order chi connectivity index (χ0) is 14.0. The van der Waals surface area contributed by atoms with Gasteiger partial charge in [-0.05, 0) is 37.3 Å². The number of nitrogen functional groups attached to an aromatic ring is 1. The lowest BCUT2D eigenvalue weighted by Crippen LogP contribution is -1.98. The molecule has 0 amide bonds. The normalized spacial score (nSPS) is 10.3. The predicted molar refractivity (Wildman–Crippen MR) is 67.3 cm³/mol. The van der Waals surface area contributed by atoms with E-state index in [0.29, 0.717) is 5.56 Å². The van der Waals surface area contributed by atoms with Crippen LogP contribution in [0.25, 0.3) is 0 Å². The highest BCUT2D eigenvalue weighted by atomic mass is 19.1. The second kappa shape index (κ2) is 5.06. The van der Waals surface area contributed by atoms with Crippen LogP contribution in [0, 0.1) is 11.6 Å². The number of benzene rings is 2. The Hall–Kier alpha value is -2.43. The summed E-state index contributed by atoms with van der Waals surface area (Å²) in [4.78, 5) is 11.2. The molecule has 0 fully saturated rings. The van der Waals surface area contributed by atoms with Crippen molar-refractivity contribution in [2.24, 2.45) is 0 Å². The average molecular weight is 263 g/mol. The molecule has 0 heterocycles. The second-order valence-corrected chi connectivity index (χ2v) is 3.99. The number of hydrogen-bond donors (Lipinski definition) is 1. The van der Waals surface area contributed by atoms with Gasteiger partial charge in [-0.15, -0.1) is 0 Å². The van der Waals surface area contributed by atoms with Gasteiger partial charge >= 0.3 is 0 Å². The first-order chi connectivity index (χ1) is 8.97. The van der Waals surface area contributed by atoms with Crippen molar-refractivity contribution in [2.45, 2.75) is 6.92 Å². The van der Waals surface area contributed by atoms with E-state index in [9.17, 15) is 13.6 Å². The lowest BCUT2D eigenvalue weighted by molar-refractivity contribution is 0.101. The molecule has 2 N–H and O–H groups in total. The van der Waals surface area contributed by atoms with E-state index in [4.69, 9.17) is 10.5 Å². The zero-order valence-corrected chi connectivity index (χ0v) is 10.1. The number of halogens is 2. The fourth-order valence-corrected chi connectivity index (χ4v) is 1.54. The van der Waals surface area contributed by atoms with E-state index < -0.39 is 11.6 Å². The highest BCUT2D eigenvalue weighted by molar-refractivity contribution is 5.95. The third-order valence-electron chi connectivity index (χ3n) is 2.53. The first-order valence-corrected chi connectivity index (χ1v) is 5.51. The molecule has 0 saturated carbocycles. The number of Topliss-reactive ketones (excluding diaryl/α,β-unsaturated/α-hetero) is 1. The molecular weight excluding hydrogens is 252 g/mol. The van der Waals surface area contributed by atoms with Crippen molar-refractivity contribution in [3.05, 3.63) is 53.6 Å². The molecule has 3 nitrogen and oxygen atoms in total. The Bertz CT molecular complexity index is 641. The Morgan fingerprint density at radius 2 is 1.79 bits per heavy atom. The maximum Gasteiger partial charge on any atom is 0.168 e. The molecule has 0 saturated heterocycles. The molecule has 0 unspecified atom stereocenters. The van der Waals surface area contributed by atoms with Gasteiger partial charge in [0.1, 0.15) is 5.82 Å². The summed E-state index contributed by atoms with van der Waals surface area (Å²) in [7, 11) is 0. The summed E-state index contributed by atoms with van der Waals surface area (Å²) in [6.45, 7) is 1.41. The summed E-state index contributed by atoms with van der Waals surface area (Å²) in [5, 5.41) is 0. The lowest BCUT2D eigenvalue weighted by Gasteiger charge is -2.10. The number of ether oxygens (including phenoxy) is 1. The van der Waals surface area contributed by atoms with E-state index in [2.05, 4.69) is 0 Å². The van der Waals surface area contributed by atoms with Gasteiger partial charge in [0, 0.05) is 11.6 Å². The van der Waals surface area contributed by atoms with Gasteiger partial charge in [0.2, 0.25) is 0 Å². The molecule has 0 atom stereocenters. The minimum atomic E-state index is -0.824. The Labute approximate surface area is 108 Å². The fourth-order valence-electron chi connectivity index (χ4n) is 1.54. The molecule has 19 heavy (non-hydrogen) atoms. The molecule has 0 radical (unpaired) electrons. The smallest absolute Gasteiger partial charge is 0.168 e. The lowest BCUT2D eigenvalue weighted by atomic mass is 10.1. The first kappa shape index (κ1) is 13.0. The van der Waals surface area contributed by atoms with Crippen molar-refractivity contribution < 1.29 is 18.3 Å². The maximum absolute atomic E-state index is 13.4. The van der Waals surface area contributed by atoms with Gasteiger partial charge in [0.25, 0.3) is 0 Å². The number of carbonyl (C=O) groups excluding carboxylic acids is 1. The molecule has 0 aliphatic carbocycles. The topological polar surface area (TPSA) is 52.3 Å². The van der Waals surface area contributed by atoms with Gasteiger partial charge in [-0.2, -0.15) is 0 Å². The third-order valence-corrected chi connectivity index (χ3v) is 2.53. The van der Waals surface area contributed by atoms with Crippen LogP contribution in [0.4, 0.5) is 14.5 Å². The second-order valence-electron chi connectivity index (χ2n) is 3.99. The SMILES string of the molecule is CC(=O)c1ccc(Oc2ccc(F)cc2F)c(N)c1. The molecule has 0 spiro atoms. The van der Waals surface area contributed by atoms with Gasteiger partial charge < -0.3 is 10.5 Å². The number of ketones is 1. The van der Waals surface area contributed by atoms with Crippen LogP contribution in [0.15, 0.2) is 36.4 Å². The number of hydrogen-bond acceptors (Lipinski definition) is 3. The monoisotopic (exact) mass is 263 g/mol. The summed E-state index contributed by atoms with van der Waals surface area (Å²) in [6.07, 6.45) is 0. The van der Waals surface area contributed by atoms with Crippen molar-refractivity contribution >= 4 is 11.5 Å². The molecule has 2 aromatic rings. The number of carbonyl (C=O) groups is 1. The van der Waals surface area contributed by atoms with E-state index in [1.54, 1.807) is 0 Å². The molecule has 2 aromatic carbocycles. The number of rotatable bonds is 3. The van der Waals surface area contributed by atoms with Gasteiger partial charge in [0.05, 0.1) is 5.69 Å². The van der Waals surface area contributed by atoms with Crippen LogP contribution < -0.4 is 10.5 Å².